The quantitative estimate of drug-likeness (QED) is 0.793. The smallest absolute Gasteiger partial charge is 0.325 e. The normalized spacial score (nSPS) is 16.8. The fourth-order valence-electron chi connectivity index (χ4n) is 2.95. The van der Waals surface area contributed by atoms with E-state index in [2.05, 4.69) is 20.2 Å². The van der Waals surface area contributed by atoms with E-state index < -0.39 is 5.97 Å². The molecule has 1 aromatic heterocycles. The first kappa shape index (κ1) is 17.8. The first-order valence-electron chi connectivity index (χ1n) is 8.70. The number of carbonyl (C=O) groups is 2. The van der Waals surface area contributed by atoms with Crippen molar-refractivity contribution in [2.24, 2.45) is 5.92 Å². The molecule has 0 aliphatic carbocycles. The van der Waals surface area contributed by atoms with Crippen LogP contribution in [0.4, 0.5) is 5.82 Å². The molecule has 1 aliphatic heterocycles. The summed E-state index contributed by atoms with van der Waals surface area (Å²) in [5.74, 6) is 0.0268. The lowest BCUT2D eigenvalue weighted by Gasteiger charge is -2.32. The second kappa shape index (κ2) is 8.94. The third-order valence-corrected chi connectivity index (χ3v) is 4.32. The number of carbonyl (C=O) groups excluding carboxylic acids is 2. The van der Waals surface area contributed by atoms with E-state index in [0.717, 1.165) is 30.8 Å². The summed E-state index contributed by atoms with van der Waals surface area (Å²) >= 11 is 0. The molecule has 3 rings (SSSR count). The molecule has 26 heavy (non-hydrogen) atoms. The van der Waals surface area contributed by atoms with Crippen LogP contribution in [0.2, 0.25) is 0 Å². The number of esters is 1. The van der Waals surface area contributed by atoms with E-state index in [0.29, 0.717) is 6.54 Å². The number of hydrogen-bond donors (Lipinski definition) is 1. The molecule has 0 bridgehead atoms. The highest BCUT2D eigenvalue weighted by Crippen LogP contribution is 2.20. The lowest BCUT2D eigenvalue weighted by molar-refractivity contribution is -0.145. The maximum atomic E-state index is 12.4. The van der Waals surface area contributed by atoms with Crippen LogP contribution in [0.3, 0.4) is 0 Å². The van der Waals surface area contributed by atoms with Gasteiger partial charge in [-0.25, -0.2) is 4.98 Å². The predicted molar refractivity (Wildman–Crippen MR) is 96.2 cm³/mol. The highest BCUT2D eigenvalue weighted by atomic mass is 16.5. The van der Waals surface area contributed by atoms with Gasteiger partial charge < -0.3 is 15.0 Å². The topological polar surface area (TPSA) is 84.4 Å². The SMILES string of the molecule is O=C(CNC(=O)C1CCCN(c2cnccn2)C1)OCc1ccccc1. The number of hydrogen-bond acceptors (Lipinski definition) is 6. The number of nitrogens with zero attached hydrogens (tertiary/aromatic N) is 3. The fourth-order valence-corrected chi connectivity index (χ4v) is 2.95. The van der Waals surface area contributed by atoms with E-state index in [1.807, 2.05) is 30.3 Å². The average Bonchev–Trinajstić information content (AvgIpc) is 2.72. The van der Waals surface area contributed by atoms with Crippen molar-refractivity contribution in [1.29, 1.82) is 0 Å². The van der Waals surface area contributed by atoms with Gasteiger partial charge in [-0.15, -0.1) is 0 Å². The Balaban J connectivity index is 1.43. The largest absolute Gasteiger partial charge is 0.460 e. The van der Waals surface area contributed by atoms with Crippen molar-refractivity contribution in [3.05, 3.63) is 54.5 Å². The lowest BCUT2D eigenvalue weighted by Crippen LogP contribution is -2.44. The molecule has 1 atom stereocenters. The van der Waals surface area contributed by atoms with Gasteiger partial charge in [0.2, 0.25) is 5.91 Å². The maximum absolute atomic E-state index is 12.4. The summed E-state index contributed by atoms with van der Waals surface area (Å²) in [6.45, 7) is 1.51. The third kappa shape index (κ3) is 5.02. The highest BCUT2D eigenvalue weighted by molar-refractivity contribution is 5.84. The molecule has 1 amide bonds. The Morgan fingerprint density at radius 3 is 2.85 bits per heavy atom. The summed E-state index contributed by atoms with van der Waals surface area (Å²) in [5, 5.41) is 2.68. The average molecular weight is 354 g/mol. The molecule has 1 N–H and O–H groups in total. The molecule has 7 nitrogen and oxygen atoms in total. The summed E-state index contributed by atoms with van der Waals surface area (Å²) in [6.07, 6.45) is 6.65. The number of amides is 1. The van der Waals surface area contributed by atoms with Crippen molar-refractivity contribution < 1.29 is 14.3 Å². The molecule has 1 fully saturated rings. The molecule has 1 aliphatic rings. The Labute approximate surface area is 152 Å². The molecule has 1 saturated heterocycles. The van der Waals surface area contributed by atoms with Crippen molar-refractivity contribution in [2.75, 3.05) is 24.5 Å². The van der Waals surface area contributed by atoms with Gasteiger partial charge in [0, 0.05) is 25.5 Å². The molecule has 136 valence electrons. The third-order valence-electron chi connectivity index (χ3n) is 4.32. The van der Waals surface area contributed by atoms with E-state index in [1.54, 1.807) is 18.6 Å². The number of benzene rings is 1. The van der Waals surface area contributed by atoms with Gasteiger partial charge in [-0.2, -0.15) is 0 Å². The van der Waals surface area contributed by atoms with E-state index in [4.69, 9.17) is 4.74 Å². The van der Waals surface area contributed by atoms with Crippen molar-refractivity contribution in [3.63, 3.8) is 0 Å². The summed E-state index contributed by atoms with van der Waals surface area (Å²) in [5.41, 5.74) is 0.916. The van der Waals surface area contributed by atoms with Gasteiger partial charge in [-0.3, -0.25) is 14.6 Å². The molecule has 1 aromatic carbocycles. The second-order valence-corrected chi connectivity index (χ2v) is 6.21. The minimum atomic E-state index is -0.441. The van der Waals surface area contributed by atoms with E-state index >= 15 is 0 Å². The van der Waals surface area contributed by atoms with E-state index in [1.165, 1.54) is 0 Å². The number of rotatable bonds is 6. The van der Waals surface area contributed by atoms with Gasteiger partial charge in [-0.05, 0) is 18.4 Å². The summed E-state index contributed by atoms with van der Waals surface area (Å²) in [7, 11) is 0. The Bertz CT molecular complexity index is 724. The zero-order valence-corrected chi connectivity index (χ0v) is 14.5. The summed E-state index contributed by atoms with van der Waals surface area (Å²) < 4.78 is 5.17. The molecular formula is C19H22N4O3. The van der Waals surface area contributed by atoms with Crippen LogP contribution < -0.4 is 10.2 Å². The van der Waals surface area contributed by atoms with Crippen molar-refractivity contribution in [1.82, 2.24) is 15.3 Å². The van der Waals surface area contributed by atoms with Crippen LogP contribution in [-0.2, 0) is 20.9 Å². The molecule has 2 heterocycles. The van der Waals surface area contributed by atoms with E-state index in [-0.39, 0.29) is 25.0 Å². The maximum Gasteiger partial charge on any atom is 0.325 e. The summed E-state index contributed by atoms with van der Waals surface area (Å²) in [6, 6.07) is 9.44. The van der Waals surface area contributed by atoms with Crippen LogP contribution in [0.15, 0.2) is 48.9 Å². The Kier molecular flexibility index (Phi) is 6.14. The van der Waals surface area contributed by atoms with Crippen molar-refractivity contribution in [2.45, 2.75) is 19.4 Å². The highest BCUT2D eigenvalue weighted by Gasteiger charge is 2.26. The van der Waals surface area contributed by atoms with Gasteiger partial charge in [0.05, 0.1) is 12.1 Å². The monoisotopic (exact) mass is 354 g/mol. The number of nitrogens with one attached hydrogen (secondary N) is 1. The first-order valence-corrected chi connectivity index (χ1v) is 8.70. The predicted octanol–water partition coefficient (Wildman–Crippen LogP) is 1.55. The van der Waals surface area contributed by atoms with E-state index in [9.17, 15) is 9.59 Å². The molecule has 0 radical (unpaired) electrons. The number of aromatic nitrogens is 2. The van der Waals surface area contributed by atoms with Crippen LogP contribution >= 0.6 is 0 Å². The molecule has 7 heteroatoms. The molecule has 0 saturated carbocycles. The van der Waals surface area contributed by atoms with Crippen molar-refractivity contribution in [3.8, 4) is 0 Å². The number of piperidine rings is 1. The zero-order valence-electron chi connectivity index (χ0n) is 14.5. The fraction of sp³-hybridized carbons (Fsp3) is 0.368. The van der Waals surface area contributed by atoms with Gasteiger partial charge in [0.15, 0.2) is 0 Å². The zero-order chi connectivity index (χ0) is 18.2. The second-order valence-electron chi connectivity index (χ2n) is 6.21. The standard InChI is InChI=1S/C19H22N4O3/c24-18(26-14-15-5-2-1-3-6-15)12-22-19(25)16-7-4-10-23(13-16)17-11-20-8-9-21-17/h1-3,5-6,8-9,11,16H,4,7,10,12-14H2,(H,22,25). The Morgan fingerprint density at radius 1 is 1.23 bits per heavy atom. The molecule has 0 spiro atoms. The minimum Gasteiger partial charge on any atom is -0.460 e. The van der Waals surface area contributed by atoms with Crippen molar-refractivity contribution >= 4 is 17.7 Å². The Morgan fingerprint density at radius 2 is 2.08 bits per heavy atom. The van der Waals surface area contributed by atoms with Crippen LogP contribution in [0.1, 0.15) is 18.4 Å². The van der Waals surface area contributed by atoms with Crippen LogP contribution in [0, 0.1) is 5.92 Å². The number of anilines is 1. The van der Waals surface area contributed by atoms with Gasteiger partial charge in [0.1, 0.15) is 19.0 Å². The van der Waals surface area contributed by atoms with Gasteiger partial charge in [0.25, 0.3) is 0 Å². The molecular weight excluding hydrogens is 332 g/mol. The van der Waals surface area contributed by atoms with Gasteiger partial charge >= 0.3 is 5.97 Å². The Hall–Kier alpha value is -2.96. The first-order chi connectivity index (χ1) is 12.7. The van der Waals surface area contributed by atoms with Crippen LogP contribution in [-0.4, -0.2) is 41.5 Å². The summed E-state index contributed by atoms with van der Waals surface area (Å²) in [4.78, 5) is 34.6. The number of ether oxygens (including phenoxy) is 1. The van der Waals surface area contributed by atoms with Crippen LogP contribution in [0.5, 0.6) is 0 Å². The minimum absolute atomic E-state index is 0.118. The van der Waals surface area contributed by atoms with Gasteiger partial charge in [-0.1, -0.05) is 30.3 Å². The molecule has 2 aromatic rings. The lowest BCUT2D eigenvalue weighted by atomic mass is 9.97. The molecule has 1 unspecified atom stereocenters. The van der Waals surface area contributed by atoms with Crippen LogP contribution in [0.25, 0.3) is 0 Å².